The number of carbonyl (C=O) groups is 2. The van der Waals surface area contributed by atoms with Gasteiger partial charge < -0.3 is 40.5 Å². The van der Waals surface area contributed by atoms with E-state index in [-0.39, 0.29) is 24.6 Å². The molecule has 6 N–H and O–H groups in total. The van der Waals surface area contributed by atoms with Crippen molar-refractivity contribution < 1.29 is 23.8 Å². The van der Waals surface area contributed by atoms with E-state index in [1.807, 2.05) is 61.1 Å². The number of primary amides is 1. The second kappa shape index (κ2) is 12.5. The molecular weight excluding hydrogens is 550 g/mol. The number of aryl methyl sites for hydroxylation is 1. The summed E-state index contributed by atoms with van der Waals surface area (Å²) in [6.45, 7) is 12.3. The van der Waals surface area contributed by atoms with Crippen LogP contribution in [-0.4, -0.2) is 50.3 Å². The molecule has 228 valence electrons. The zero-order valence-corrected chi connectivity index (χ0v) is 25.3. The van der Waals surface area contributed by atoms with E-state index in [1.54, 1.807) is 19.2 Å². The molecule has 12 nitrogen and oxygen atoms in total. The number of hydrogen-bond donors (Lipinski definition) is 3. The lowest BCUT2D eigenvalue weighted by Gasteiger charge is -2.19. The molecule has 0 aliphatic heterocycles. The number of anilines is 1. The van der Waals surface area contributed by atoms with Crippen molar-refractivity contribution in [3.63, 3.8) is 0 Å². The first-order valence-electron chi connectivity index (χ1n) is 13.9. The van der Waals surface area contributed by atoms with Crippen LogP contribution in [0.15, 0.2) is 43.0 Å². The number of rotatable bonds is 12. The molecule has 4 aromatic rings. The number of carbonyl (C=O) groups excluding carboxylic acids is 2. The molecule has 0 bridgehead atoms. The number of ether oxygens (including phenoxy) is 3. The third kappa shape index (κ3) is 7.08. The molecule has 0 unspecified atom stereocenters. The van der Waals surface area contributed by atoms with Gasteiger partial charge in [0.2, 0.25) is 11.9 Å². The van der Waals surface area contributed by atoms with Crippen LogP contribution in [-0.2, 0) is 22.6 Å². The Kier molecular flexibility index (Phi) is 8.98. The van der Waals surface area contributed by atoms with Crippen LogP contribution >= 0.6 is 0 Å². The fraction of sp³-hybridized carbons (Fsp3) is 0.355. The van der Waals surface area contributed by atoms with Crippen LogP contribution in [0.4, 0.5) is 5.95 Å². The average molecular weight is 590 g/mol. The van der Waals surface area contributed by atoms with E-state index in [9.17, 15) is 9.59 Å². The van der Waals surface area contributed by atoms with E-state index in [1.165, 1.54) is 0 Å². The minimum Gasteiger partial charge on any atom is -0.494 e. The molecule has 0 fully saturated rings. The van der Waals surface area contributed by atoms with Gasteiger partial charge in [0.1, 0.15) is 34.0 Å². The van der Waals surface area contributed by atoms with Gasteiger partial charge in [-0.25, -0.2) is 9.97 Å². The summed E-state index contributed by atoms with van der Waals surface area (Å²) in [5, 5.41) is 0. The summed E-state index contributed by atoms with van der Waals surface area (Å²) in [5.74, 6) is 1.22. The Morgan fingerprint density at radius 3 is 2.19 bits per heavy atom. The first-order valence-corrected chi connectivity index (χ1v) is 13.9. The van der Waals surface area contributed by atoms with E-state index in [0.717, 1.165) is 11.3 Å². The van der Waals surface area contributed by atoms with Gasteiger partial charge in [-0.05, 0) is 58.4 Å². The smallest absolute Gasteiger partial charge is 0.306 e. The number of allylic oxidation sites excluding steroid dienone is 2. The number of hydrogen-bond acceptors (Lipinski definition) is 9. The van der Waals surface area contributed by atoms with Gasteiger partial charge in [0.15, 0.2) is 0 Å². The number of amides is 1. The van der Waals surface area contributed by atoms with E-state index in [4.69, 9.17) is 31.4 Å². The van der Waals surface area contributed by atoms with Gasteiger partial charge >= 0.3 is 5.97 Å². The van der Waals surface area contributed by atoms with Crippen LogP contribution in [0.25, 0.3) is 27.8 Å². The van der Waals surface area contributed by atoms with Crippen molar-refractivity contribution >= 4 is 45.6 Å². The lowest BCUT2D eigenvalue weighted by atomic mass is 10.1. The molecule has 0 aliphatic carbocycles. The maximum Gasteiger partial charge on any atom is 0.306 e. The Balaban J connectivity index is 1.56. The monoisotopic (exact) mass is 589 g/mol. The summed E-state index contributed by atoms with van der Waals surface area (Å²) in [4.78, 5) is 33.2. The number of aromatic nitrogens is 4. The lowest BCUT2D eigenvalue weighted by molar-refractivity contribution is -0.155. The highest BCUT2D eigenvalue weighted by Gasteiger charge is 2.19. The lowest BCUT2D eigenvalue weighted by Crippen LogP contribution is -2.24. The number of esters is 1. The molecule has 0 atom stereocenters. The highest BCUT2D eigenvalue weighted by Crippen LogP contribution is 2.32. The molecule has 4 rings (SSSR count). The van der Waals surface area contributed by atoms with E-state index in [2.05, 4.69) is 16.5 Å². The van der Waals surface area contributed by atoms with Gasteiger partial charge in [-0.15, -0.1) is 0 Å². The highest BCUT2D eigenvalue weighted by atomic mass is 16.6. The highest BCUT2D eigenvalue weighted by molar-refractivity contribution is 5.98. The number of fused-ring (bicyclic) bond motifs is 2. The number of imidazole rings is 2. The van der Waals surface area contributed by atoms with Crippen LogP contribution in [0, 0.1) is 6.92 Å². The number of benzene rings is 2. The first kappa shape index (κ1) is 30.9. The molecule has 0 saturated carbocycles. The van der Waals surface area contributed by atoms with E-state index in [0.29, 0.717) is 64.8 Å². The number of methoxy groups -OCH3 is 1. The van der Waals surface area contributed by atoms with Crippen molar-refractivity contribution in [2.24, 2.45) is 11.5 Å². The molecule has 0 aliphatic rings. The Bertz CT molecular complexity index is 1730. The second-order valence-corrected chi connectivity index (χ2v) is 11.1. The normalized spacial score (nSPS) is 11.8. The van der Waals surface area contributed by atoms with Crippen LogP contribution in [0.5, 0.6) is 11.5 Å². The van der Waals surface area contributed by atoms with Crippen molar-refractivity contribution in [2.45, 2.75) is 59.2 Å². The van der Waals surface area contributed by atoms with Crippen molar-refractivity contribution in [3.8, 4) is 11.5 Å². The predicted molar refractivity (Wildman–Crippen MR) is 167 cm³/mol. The third-order valence-corrected chi connectivity index (χ3v) is 6.65. The Hall–Kier alpha value is -5.00. The van der Waals surface area contributed by atoms with Gasteiger partial charge in [0.05, 0.1) is 24.8 Å². The summed E-state index contributed by atoms with van der Waals surface area (Å²) in [5.41, 5.74) is 21.3. The fourth-order valence-corrected chi connectivity index (χ4v) is 4.75. The van der Waals surface area contributed by atoms with Crippen LogP contribution < -0.4 is 26.7 Å². The number of nitrogens with two attached hydrogens (primary N) is 3. The van der Waals surface area contributed by atoms with Crippen molar-refractivity contribution in [3.05, 3.63) is 59.9 Å². The standard InChI is InChI=1S/C31H39N7O5/c1-18(32)20-14-23-27(24(16-20)41-6)38(30(34)36-23)12-8-7-11-37-19(2)35-22-15-21(29(33)40)17-25(28(22)37)42-13-9-10-26(39)43-31(3,4)5/h7-8,14-17H,1,9-13,32H2,2-6H3,(H2,33,40)(H2,34,36)/b8-7+. The van der Waals surface area contributed by atoms with Gasteiger partial charge in [0, 0.05) is 36.3 Å². The third-order valence-electron chi connectivity index (χ3n) is 6.65. The molecule has 43 heavy (non-hydrogen) atoms. The molecular formula is C31H39N7O5. The summed E-state index contributed by atoms with van der Waals surface area (Å²) in [6.07, 6.45) is 4.60. The van der Waals surface area contributed by atoms with Crippen molar-refractivity contribution in [2.75, 3.05) is 19.5 Å². The topological polar surface area (TPSA) is 176 Å². The van der Waals surface area contributed by atoms with Crippen molar-refractivity contribution in [1.82, 2.24) is 19.1 Å². The van der Waals surface area contributed by atoms with Crippen LogP contribution in [0.3, 0.4) is 0 Å². The van der Waals surface area contributed by atoms with E-state index >= 15 is 0 Å². The SMILES string of the molecule is C=C(N)c1cc(OC)c2c(c1)nc(N)n2C/C=C/Cn1c(C)nc2cc(C(N)=O)cc(OCCCC(=O)OC(C)(C)C)c21. The second-order valence-electron chi connectivity index (χ2n) is 11.1. The van der Waals surface area contributed by atoms with Gasteiger partial charge in [0.25, 0.3) is 0 Å². The van der Waals surface area contributed by atoms with Crippen molar-refractivity contribution in [1.29, 1.82) is 0 Å². The molecule has 0 saturated heterocycles. The fourth-order valence-electron chi connectivity index (χ4n) is 4.75. The maximum absolute atomic E-state index is 12.1. The van der Waals surface area contributed by atoms with Gasteiger partial charge in [-0.3, -0.25) is 9.59 Å². The Morgan fingerprint density at radius 2 is 1.56 bits per heavy atom. The summed E-state index contributed by atoms with van der Waals surface area (Å²) < 4.78 is 20.9. The predicted octanol–water partition coefficient (Wildman–Crippen LogP) is 4.07. The zero-order chi connectivity index (χ0) is 31.5. The quantitative estimate of drug-likeness (QED) is 0.125. The molecule has 2 aromatic heterocycles. The number of nitrogen functional groups attached to an aromatic ring is 1. The summed E-state index contributed by atoms with van der Waals surface area (Å²) >= 11 is 0. The maximum atomic E-state index is 12.1. The summed E-state index contributed by atoms with van der Waals surface area (Å²) in [6, 6.07) is 6.89. The largest absolute Gasteiger partial charge is 0.494 e. The van der Waals surface area contributed by atoms with Crippen LogP contribution in [0.2, 0.25) is 0 Å². The van der Waals surface area contributed by atoms with E-state index < -0.39 is 11.5 Å². The molecule has 2 aromatic carbocycles. The molecule has 1 amide bonds. The minimum atomic E-state index is -0.587. The van der Waals surface area contributed by atoms with Gasteiger partial charge in [-0.2, -0.15) is 0 Å². The molecule has 0 spiro atoms. The zero-order valence-electron chi connectivity index (χ0n) is 25.3. The summed E-state index contributed by atoms with van der Waals surface area (Å²) in [7, 11) is 1.58. The molecule has 0 radical (unpaired) electrons. The Labute approximate surface area is 250 Å². The van der Waals surface area contributed by atoms with Crippen LogP contribution in [0.1, 0.15) is 55.4 Å². The molecule has 2 heterocycles. The number of nitrogens with zero attached hydrogens (tertiary/aromatic N) is 4. The van der Waals surface area contributed by atoms with Gasteiger partial charge in [-0.1, -0.05) is 18.7 Å². The minimum absolute atomic E-state index is 0.204. The molecule has 12 heteroatoms. The first-order chi connectivity index (χ1) is 20.3. The Morgan fingerprint density at radius 1 is 0.953 bits per heavy atom. The average Bonchev–Trinajstić information content (AvgIpc) is 3.41.